The number of nitrogen functional groups attached to an aromatic ring is 1. The molecule has 0 aliphatic carbocycles. The van der Waals surface area contributed by atoms with Crippen molar-refractivity contribution in [1.29, 1.82) is 0 Å². The molecular weight excluding hydrogens is 322 g/mol. The van der Waals surface area contributed by atoms with Gasteiger partial charge in [-0.15, -0.1) is 0 Å². The zero-order valence-corrected chi connectivity index (χ0v) is 12.2. The van der Waals surface area contributed by atoms with Gasteiger partial charge in [0.1, 0.15) is 4.90 Å². The topological polar surface area (TPSA) is 72.2 Å². The molecule has 4 nitrogen and oxygen atoms in total. The van der Waals surface area contributed by atoms with Crippen molar-refractivity contribution < 1.29 is 17.2 Å². The molecule has 2 aromatic carbocycles. The van der Waals surface area contributed by atoms with Crippen molar-refractivity contribution in [3.63, 3.8) is 0 Å². The van der Waals surface area contributed by atoms with Gasteiger partial charge in [-0.2, -0.15) is 0 Å². The van der Waals surface area contributed by atoms with Gasteiger partial charge in [0.15, 0.2) is 11.6 Å². The number of hydrogen-bond acceptors (Lipinski definition) is 3. The lowest BCUT2D eigenvalue weighted by atomic mass is 10.2. The number of benzene rings is 2. The predicted molar refractivity (Wildman–Crippen MR) is 76.2 cm³/mol. The number of anilines is 1. The number of halogens is 3. The zero-order valence-electron chi connectivity index (χ0n) is 10.6. The summed E-state index contributed by atoms with van der Waals surface area (Å²) in [5.74, 6) is -2.04. The number of nitrogens with one attached hydrogen (secondary N) is 1. The van der Waals surface area contributed by atoms with E-state index in [2.05, 4.69) is 4.72 Å². The highest BCUT2D eigenvalue weighted by Crippen LogP contribution is 2.23. The molecule has 0 radical (unpaired) electrons. The van der Waals surface area contributed by atoms with Gasteiger partial charge in [0.2, 0.25) is 10.0 Å². The third-order valence-electron chi connectivity index (χ3n) is 2.70. The van der Waals surface area contributed by atoms with Crippen molar-refractivity contribution in [2.24, 2.45) is 0 Å². The summed E-state index contributed by atoms with van der Waals surface area (Å²) in [4.78, 5) is -0.138. The zero-order chi connectivity index (χ0) is 15.6. The van der Waals surface area contributed by atoms with Gasteiger partial charge in [0.25, 0.3) is 0 Å². The van der Waals surface area contributed by atoms with Gasteiger partial charge in [-0.3, -0.25) is 0 Å². The first kappa shape index (κ1) is 15.7. The Bertz CT molecular complexity index is 782. The molecule has 0 fully saturated rings. The smallest absolute Gasteiger partial charge is 0.242 e. The summed E-state index contributed by atoms with van der Waals surface area (Å²) in [7, 11) is -3.88. The first-order valence-electron chi connectivity index (χ1n) is 5.78. The molecule has 2 rings (SSSR count). The van der Waals surface area contributed by atoms with E-state index in [0.29, 0.717) is 5.69 Å². The summed E-state index contributed by atoms with van der Waals surface area (Å²) in [5.41, 5.74) is 6.10. The molecule has 21 heavy (non-hydrogen) atoms. The third kappa shape index (κ3) is 3.69. The van der Waals surface area contributed by atoms with Crippen molar-refractivity contribution in [2.75, 3.05) is 5.73 Å². The van der Waals surface area contributed by atoms with Crippen LogP contribution in [0.15, 0.2) is 41.3 Å². The van der Waals surface area contributed by atoms with Gasteiger partial charge in [-0.05, 0) is 35.9 Å². The molecular formula is C13H11ClF2N2O2S. The molecule has 0 heterocycles. The van der Waals surface area contributed by atoms with Crippen LogP contribution in [0.5, 0.6) is 0 Å². The van der Waals surface area contributed by atoms with Crippen molar-refractivity contribution in [2.45, 2.75) is 11.4 Å². The van der Waals surface area contributed by atoms with Gasteiger partial charge in [0, 0.05) is 12.2 Å². The van der Waals surface area contributed by atoms with Crippen LogP contribution >= 0.6 is 11.6 Å². The fourth-order valence-electron chi connectivity index (χ4n) is 1.64. The molecule has 0 spiro atoms. The van der Waals surface area contributed by atoms with Crippen LogP contribution in [0.2, 0.25) is 5.02 Å². The third-order valence-corrected chi connectivity index (χ3v) is 4.58. The molecule has 0 bridgehead atoms. The van der Waals surface area contributed by atoms with Gasteiger partial charge >= 0.3 is 0 Å². The van der Waals surface area contributed by atoms with E-state index in [9.17, 15) is 17.2 Å². The maximum absolute atomic E-state index is 13.0. The maximum Gasteiger partial charge on any atom is 0.242 e. The Morgan fingerprint density at radius 3 is 2.43 bits per heavy atom. The summed E-state index contributed by atoms with van der Waals surface area (Å²) >= 11 is 5.83. The first-order chi connectivity index (χ1) is 9.79. The van der Waals surface area contributed by atoms with E-state index in [0.717, 1.165) is 12.1 Å². The highest BCUT2D eigenvalue weighted by atomic mass is 35.5. The predicted octanol–water partition coefficient (Wildman–Crippen LogP) is 2.68. The summed E-state index contributed by atoms with van der Waals surface area (Å²) in [6, 6.07) is 7.11. The second-order valence-electron chi connectivity index (χ2n) is 4.26. The molecule has 0 saturated carbocycles. The van der Waals surface area contributed by atoms with Crippen LogP contribution in [0.25, 0.3) is 0 Å². The Morgan fingerprint density at radius 1 is 1.10 bits per heavy atom. The minimum atomic E-state index is -3.88. The molecule has 0 atom stereocenters. The lowest BCUT2D eigenvalue weighted by Gasteiger charge is -2.09. The normalized spacial score (nSPS) is 11.6. The number of nitrogens with two attached hydrogens (primary N) is 1. The van der Waals surface area contributed by atoms with E-state index in [4.69, 9.17) is 17.3 Å². The Balaban J connectivity index is 2.19. The second kappa shape index (κ2) is 5.97. The van der Waals surface area contributed by atoms with Crippen LogP contribution in [0.4, 0.5) is 14.5 Å². The highest BCUT2D eigenvalue weighted by Gasteiger charge is 2.17. The fraction of sp³-hybridized carbons (Fsp3) is 0.0769. The fourth-order valence-corrected chi connectivity index (χ4v) is 3.21. The number of sulfonamides is 1. The summed E-state index contributed by atoms with van der Waals surface area (Å²) < 4.78 is 52.3. The summed E-state index contributed by atoms with van der Waals surface area (Å²) in [5, 5.41) is -0.0206. The van der Waals surface area contributed by atoms with Gasteiger partial charge in [-0.25, -0.2) is 21.9 Å². The van der Waals surface area contributed by atoms with Crippen LogP contribution in [-0.4, -0.2) is 8.42 Å². The number of rotatable bonds is 4. The minimum absolute atomic E-state index is 0.0206. The average Bonchev–Trinajstić information content (AvgIpc) is 2.40. The van der Waals surface area contributed by atoms with E-state index in [1.165, 1.54) is 24.3 Å². The lowest BCUT2D eigenvalue weighted by Crippen LogP contribution is -2.23. The lowest BCUT2D eigenvalue weighted by molar-refractivity contribution is 0.506. The SMILES string of the molecule is Nc1ccc(S(=O)(=O)NCc2ccc(F)c(F)c2)c(Cl)c1. The molecule has 0 aliphatic rings. The second-order valence-corrected chi connectivity index (χ2v) is 6.41. The largest absolute Gasteiger partial charge is 0.399 e. The minimum Gasteiger partial charge on any atom is -0.399 e. The van der Waals surface area contributed by atoms with E-state index in [1.807, 2.05) is 0 Å². The van der Waals surface area contributed by atoms with Crippen LogP contribution < -0.4 is 10.5 Å². The average molecular weight is 333 g/mol. The summed E-state index contributed by atoms with van der Waals surface area (Å²) in [6.45, 7) is -0.194. The van der Waals surface area contributed by atoms with Crippen molar-refractivity contribution >= 4 is 27.3 Å². The Labute approximate surface area is 125 Å². The molecule has 0 amide bonds. The first-order valence-corrected chi connectivity index (χ1v) is 7.64. The van der Waals surface area contributed by atoms with E-state index in [-0.39, 0.29) is 22.0 Å². The van der Waals surface area contributed by atoms with Crippen molar-refractivity contribution in [1.82, 2.24) is 4.72 Å². The van der Waals surface area contributed by atoms with Gasteiger partial charge in [0.05, 0.1) is 5.02 Å². The summed E-state index contributed by atoms with van der Waals surface area (Å²) in [6.07, 6.45) is 0. The van der Waals surface area contributed by atoms with E-state index in [1.54, 1.807) is 0 Å². The molecule has 0 saturated heterocycles. The van der Waals surface area contributed by atoms with Crippen LogP contribution in [-0.2, 0) is 16.6 Å². The molecule has 0 unspecified atom stereocenters. The molecule has 0 aliphatic heterocycles. The molecule has 112 valence electrons. The Hall–Kier alpha value is -1.70. The molecule has 8 heteroatoms. The van der Waals surface area contributed by atoms with Crippen molar-refractivity contribution in [3.05, 3.63) is 58.6 Å². The quantitative estimate of drug-likeness (QED) is 0.845. The number of hydrogen-bond donors (Lipinski definition) is 2. The molecule has 3 N–H and O–H groups in total. The molecule has 0 aromatic heterocycles. The van der Waals surface area contributed by atoms with Crippen LogP contribution in [0, 0.1) is 11.6 Å². The standard InChI is InChI=1S/C13H11ClF2N2O2S/c14-10-6-9(17)2-4-13(10)21(19,20)18-7-8-1-3-11(15)12(16)5-8/h1-6,18H,7,17H2. The van der Waals surface area contributed by atoms with E-state index < -0.39 is 21.7 Å². The van der Waals surface area contributed by atoms with E-state index >= 15 is 0 Å². The van der Waals surface area contributed by atoms with Crippen LogP contribution in [0.3, 0.4) is 0 Å². The molecule has 2 aromatic rings. The van der Waals surface area contributed by atoms with Crippen LogP contribution in [0.1, 0.15) is 5.56 Å². The Kier molecular flexibility index (Phi) is 4.46. The van der Waals surface area contributed by atoms with Crippen molar-refractivity contribution in [3.8, 4) is 0 Å². The highest BCUT2D eigenvalue weighted by molar-refractivity contribution is 7.89. The Morgan fingerprint density at radius 2 is 1.81 bits per heavy atom. The maximum atomic E-state index is 13.0. The van der Waals surface area contributed by atoms with Gasteiger partial charge in [-0.1, -0.05) is 17.7 Å². The monoisotopic (exact) mass is 332 g/mol. The van der Waals surface area contributed by atoms with Gasteiger partial charge < -0.3 is 5.73 Å².